The van der Waals surface area contributed by atoms with Gasteiger partial charge in [-0.15, -0.1) is 0 Å². The first-order chi connectivity index (χ1) is 29.3. The molecule has 0 amide bonds. The predicted octanol–water partition coefficient (Wildman–Crippen LogP) is 14.7. The van der Waals surface area contributed by atoms with Crippen molar-refractivity contribution in [1.29, 1.82) is 0 Å². The Balaban J connectivity index is 1.12. The van der Waals surface area contributed by atoms with Crippen LogP contribution in [0, 0.1) is 0 Å². The average molecular weight is 752 g/mol. The second kappa shape index (κ2) is 13.3. The SMILES string of the molecule is c1ccc(-c2ccc(-c3nc(-c4ccc(-c5cc6ccccc6c6ccccc56)c5ccccc45)nc(-c4cccc5c4oc4ccccc45)n3)c3ccccc23)cc1. The van der Waals surface area contributed by atoms with Crippen molar-refractivity contribution in [3.63, 3.8) is 0 Å². The fraction of sp³-hybridized carbons (Fsp3) is 0. The Hall–Kier alpha value is -7.95. The largest absolute Gasteiger partial charge is 0.455 e. The summed E-state index contributed by atoms with van der Waals surface area (Å²) in [4.78, 5) is 16.0. The summed E-state index contributed by atoms with van der Waals surface area (Å²) in [6.45, 7) is 0. The molecule has 274 valence electrons. The summed E-state index contributed by atoms with van der Waals surface area (Å²) in [7, 11) is 0. The van der Waals surface area contributed by atoms with E-state index in [9.17, 15) is 0 Å². The van der Waals surface area contributed by atoms with Crippen LogP contribution in [0.3, 0.4) is 0 Å². The van der Waals surface area contributed by atoms with E-state index in [1.165, 1.54) is 27.1 Å². The highest BCUT2D eigenvalue weighted by atomic mass is 16.3. The number of rotatable bonds is 5. The van der Waals surface area contributed by atoms with Gasteiger partial charge in [-0.1, -0.05) is 170 Å². The van der Waals surface area contributed by atoms with E-state index < -0.39 is 0 Å². The molecule has 0 radical (unpaired) electrons. The molecule has 0 aliphatic rings. The van der Waals surface area contributed by atoms with E-state index in [2.05, 4.69) is 182 Å². The van der Waals surface area contributed by atoms with Gasteiger partial charge in [0.2, 0.25) is 0 Å². The van der Waals surface area contributed by atoms with Crippen LogP contribution in [-0.4, -0.2) is 15.0 Å². The van der Waals surface area contributed by atoms with E-state index >= 15 is 0 Å². The van der Waals surface area contributed by atoms with Crippen LogP contribution in [0.2, 0.25) is 0 Å². The Morgan fingerprint density at radius 2 is 0.729 bits per heavy atom. The number of para-hydroxylation sites is 2. The summed E-state index contributed by atoms with van der Waals surface area (Å²) in [5.41, 5.74) is 8.95. The maximum Gasteiger partial charge on any atom is 0.167 e. The fourth-order valence-electron chi connectivity index (χ4n) is 9.03. The molecule has 4 heteroatoms. The van der Waals surface area contributed by atoms with Gasteiger partial charge < -0.3 is 4.42 Å². The van der Waals surface area contributed by atoms with Crippen molar-refractivity contribution in [3.05, 3.63) is 200 Å². The summed E-state index contributed by atoms with van der Waals surface area (Å²) in [5, 5.41) is 11.4. The highest BCUT2D eigenvalue weighted by Crippen LogP contribution is 2.42. The lowest BCUT2D eigenvalue weighted by molar-refractivity contribution is 0.669. The molecule has 0 aliphatic heterocycles. The standard InChI is InChI=1S/C55H33N3O/c1-2-15-34(16-3-1)37-29-31-47(41-22-9-6-20-39(37)41)53-56-54(58-55(57-53)49-27-14-26-46-45-25-12-13-28-51(45)59-52(46)49)48-32-30-44(40-21-8-10-23-42(40)48)50-33-35-17-4-5-18-36(35)38-19-7-11-24-43(38)50/h1-33H. The van der Waals surface area contributed by atoms with Gasteiger partial charge in [-0.05, 0) is 95.7 Å². The normalized spacial score (nSPS) is 11.7. The van der Waals surface area contributed by atoms with Gasteiger partial charge in [-0.3, -0.25) is 0 Å². The average Bonchev–Trinajstić information content (AvgIpc) is 3.70. The van der Waals surface area contributed by atoms with Crippen molar-refractivity contribution >= 4 is 65.0 Å². The van der Waals surface area contributed by atoms with Crippen LogP contribution >= 0.6 is 0 Å². The van der Waals surface area contributed by atoms with Gasteiger partial charge in [0.15, 0.2) is 17.5 Å². The van der Waals surface area contributed by atoms with Gasteiger partial charge in [0.1, 0.15) is 11.2 Å². The van der Waals surface area contributed by atoms with E-state index in [1.807, 2.05) is 18.2 Å². The third-order valence-electron chi connectivity index (χ3n) is 11.8. The summed E-state index contributed by atoms with van der Waals surface area (Å²) >= 11 is 0. The van der Waals surface area contributed by atoms with Crippen molar-refractivity contribution in [2.75, 3.05) is 0 Å². The van der Waals surface area contributed by atoms with Gasteiger partial charge in [0.25, 0.3) is 0 Å². The number of nitrogens with zero attached hydrogens (tertiary/aromatic N) is 3. The Kier molecular flexibility index (Phi) is 7.50. The van der Waals surface area contributed by atoms with Crippen LogP contribution < -0.4 is 0 Å². The molecule has 0 bridgehead atoms. The van der Waals surface area contributed by atoms with Crippen molar-refractivity contribution in [1.82, 2.24) is 15.0 Å². The first kappa shape index (κ1) is 33.2. The van der Waals surface area contributed by atoms with Gasteiger partial charge in [0, 0.05) is 21.9 Å². The molecule has 12 rings (SSSR count). The number of fused-ring (bicyclic) bond motifs is 8. The molecule has 0 spiro atoms. The topological polar surface area (TPSA) is 51.8 Å². The molecule has 2 heterocycles. The van der Waals surface area contributed by atoms with Crippen LogP contribution in [0.25, 0.3) is 121 Å². The van der Waals surface area contributed by atoms with E-state index in [-0.39, 0.29) is 0 Å². The molecule has 4 nitrogen and oxygen atoms in total. The predicted molar refractivity (Wildman–Crippen MR) is 244 cm³/mol. The summed E-state index contributed by atoms with van der Waals surface area (Å²) in [6, 6.07) is 70.5. The molecule has 10 aromatic carbocycles. The number of aromatic nitrogens is 3. The monoisotopic (exact) mass is 751 g/mol. The number of hydrogen-bond donors (Lipinski definition) is 0. The molecule has 0 aliphatic carbocycles. The second-order valence-electron chi connectivity index (χ2n) is 15.1. The minimum absolute atomic E-state index is 0.555. The lowest BCUT2D eigenvalue weighted by Gasteiger charge is -2.16. The van der Waals surface area contributed by atoms with Crippen LogP contribution in [0.15, 0.2) is 205 Å². The zero-order chi connectivity index (χ0) is 38.9. The van der Waals surface area contributed by atoms with E-state index in [0.717, 1.165) is 76.9 Å². The third-order valence-corrected chi connectivity index (χ3v) is 11.8. The van der Waals surface area contributed by atoms with E-state index in [4.69, 9.17) is 19.4 Å². The molecule has 0 fully saturated rings. The number of benzene rings is 10. The van der Waals surface area contributed by atoms with Crippen molar-refractivity contribution in [2.45, 2.75) is 0 Å². The zero-order valence-electron chi connectivity index (χ0n) is 31.8. The Bertz CT molecular complexity index is 3620. The highest BCUT2D eigenvalue weighted by Gasteiger charge is 2.21. The molecule has 2 aromatic heterocycles. The van der Waals surface area contributed by atoms with Gasteiger partial charge in [0.05, 0.1) is 5.56 Å². The molecule has 0 saturated carbocycles. The summed E-state index contributed by atoms with van der Waals surface area (Å²) in [5.74, 6) is 1.75. The Morgan fingerprint density at radius 1 is 0.271 bits per heavy atom. The molecule has 12 aromatic rings. The van der Waals surface area contributed by atoms with Crippen molar-refractivity contribution in [3.8, 4) is 56.4 Å². The minimum atomic E-state index is 0.555. The van der Waals surface area contributed by atoms with Gasteiger partial charge in [-0.2, -0.15) is 0 Å². The van der Waals surface area contributed by atoms with E-state index in [0.29, 0.717) is 17.5 Å². The maximum absolute atomic E-state index is 6.56. The lowest BCUT2D eigenvalue weighted by Crippen LogP contribution is -2.01. The van der Waals surface area contributed by atoms with Crippen LogP contribution in [0.5, 0.6) is 0 Å². The minimum Gasteiger partial charge on any atom is -0.455 e. The highest BCUT2D eigenvalue weighted by molar-refractivity contribution is 6.17. The van der Waals surface area contributed by atoms with E-state index in [1.54, 1.807) is 0 Å². The van der Waals surface area contributed by atoms with Crippen LogP contribution in [0.4, 0.5) is 0 Å². The fourth-order valence-corrected chi connectivity index (χ4v) is 9.03. The third kappa shape index (κ3) is 5.34. The van der Waals surface area contributed by atoms with Crippen LogP contribution in [0.1, 0.15) is 0 Å². The summed E-state index contributed by atoms with van der Waals surface area (Å²) < 4.78 is 6.56. The van der Waals surface area contributed by atoms with Gasteiger partial charge in [-0.25, -0.2) is 15.0 Å². The molecule has 0 saturated heterocycles. The molecular formula is C55H33N3O. The first-order valence-electron chi connectivity index (χ1n) is 19.9. The Morgan fingerprint density at radius 3 is 1.41 bits per heavy atom. The second-order valence-corrected chi connectivity index (χ2v) is 15.1. The Labute approximate surface area is 339 Å². The van der Waals surface area contributed by atoms with Gasteiger partial charge >= 0.3 is 0 Å². The molecular weight excluding hydrogens is 719 g/mol. The quantitative estimate of drug-likeness (QED) is 0.164. The molecule has 0 atom stereocenters. The number of hydrogen-bond acceptors (Lipinski definition) is 4. The first-order valence-corrected chi connectivity index (χ1v) is 19.9. The van der Waals surface area contributed by atoms with Crippen LogP contribution in [-0.2, 0) is 0 Å². The van der Waals surface area contributed by atoms with Crippen molar-refractivity contribution in [2.24, 2.45) is 0 Å². The summed E-state index contributed by atoms with van der Waals surface area (Å²) in [6.07, 6.45) is 0. The maximum atomic E-state index is 6.56. The molecule has 59 heavy (non-hydrogen) atoms. The molecule has 0 unspecified atom stereocenters. The van der Waals surface area contributed by atoms with Crippen molar-refractivity contribution < 1.29 is 4.42 Å². The zero-order valence-corrected chi connectivity index (χ0v) is 31.8. The lowest BCUT2D eigenvalue weighted by atomic mass is 9.89. The number of furan rings is 1. The smallest absolute Gasteiger partial charge is 0.167 e. The molecule has 0 N–H and O–H groups in total.